The Labute approximate surface area is 97.2 Å². The predicted octanol–water partition coefficient (Wildman–Crippen LogP) is 2.50. The molecule has 0 saturated carbocycles. The van der Waals surface area contributed by atoms with Crippen LogP contribution in [0.2, 0.25) is 5.02 Å². The van der Waals surface area contributed by atoms with Crippen LogP contribution < -0.4 is 11.1 Å². The van der Waals surface area contributed by atoms with E-state index in [1.54, 1.807) is 6.20 Å². The van der Waals surface area contributed by atoms with Crippen molar-refractivity contribution < 1.29 is 0 Å². The molecule has 1 heterocycles. The Morgan fingerprint density at radius 3 is 3.00 bits per heavy atom. The molecule has 0 spiro atoms. The van der Waals surface area contributed by atoms with Crippen molar-refractivity contribution in [1.29, 1.82) is 0 Å². The van der Waals surface area contributed by atoms with E-state index in [1.165, 1.54) is 0 Å². The highest BCUT2D eigenvalue weighted by molar-refractivity contribution is 9.10. The van der Waals surface area contributed by atoms with E-state index in [9.17, 15) is 0 Å². The second kappa shape index (κ2) is 5.53. The van der Waals surface area contributed by atoms with E-state index in [0.29, 0.717) is 23.3 Å². The number of nitrogens with two attached hydrogens (primary N) is 1. The van der Waals surface area contributed by atoms with Gasteiger partial charge < -0.3 is 11.1 Å². The third-order valence-corrected chi connectivity index (χ3v) is 2.55. The molecule has 0 fully saturated rings. The molecule has 1 unspecified atom stereocenters. The summed E-state index contributed by atoms with van der Waals surface area (Å²) in [5.41, 5.74) is 5.50. The van der Waals surface area contributed by atoms with Crippen LogP contribution in [0.1, 0.15) is 6.92 Å². The summed E-state index contributed by atoms with van der Waals surface area (Å²) in [6, 6.07) is 1.81. The number of nitrogens with zero attached hydrogens (tertiary/aromatic N) is 1. The zero-order valence-electron chi connectivity index (χ0n) is 7.93. The average molecular weight is 279 g/mol. The van der Waals surface area contributed by atoms with Crippen molar-refractivity contribution >= 4 is 33.3 Å². The zero-order valence-corrected chi connectivity index (χ0v) is 10.3. The maximum absolute atomic E-state index is 5.97. The van der Waals surface area contributed by atoms with E-state index < -0.39 is 0 Å². The normalized spacial score (nSPS) is 12.6. The maximum atomic E-state index is 5.97. The molecule has 3 nitrogen and oxygen atoms in total. The molecule has 0 aromatic carbocycles. The van der Waals surface area contributed by atoms with Crippen molar-refractivity contribution in [2.24, 2.45) is 11.7 Å². The monoisotopic (exact) mass is 277 g/mol. The van der Waals surface area contributed by atoms with Crippen LogP contribution >= 0.6 is 27.5 Å². The van der Waals surface area contributed by atoms with Crippen LogP contribution in [0, 0.1) is 5.92 Å². The molecule has 0 radical (unpaired) electrons. The molecule has 1 rings (SSSR count). The third-order valence-electron chi connectivity index (χ3n) is 1.83. The lowest BCUT2D eigenvalue weighted by atomic mass is 10.2. The van der Waals surface area contributed by atoms with E-state index >= 15 is 0 Å². The van der Waals surface area contributed by atoms with Crippen molar-refractivity contribution in [3.05, 3.63) is 21.8 Å². The van der Waals surface area contributed by atoms with Crippen LogP contribution in [0.3, 0.4) is 0 Å². The minimum absolute atomic E-state index is 0.413. The summed E-state index contributed by atoms with van der Waals surface area (Å²) in [7, 11) is 0. The Morgan fingerprint density at radius 1 is 1.71 bits per heavy atom. The van der Waals surface area contributed by atoms with Crippen molar-refractivity contribution in [1.82, 2.24) is 4.98 Å². The number of hydrogen-bond donors (Lipinski definition) is 2. The molecule has 1 aromatic rings. The number of rotatable bonds is 4. The standard InChI is InChI=1S/C9H13BrClN3/c1-6(3-12)4-13-9-8(11)2-7(10)5-14-9/h2,5-6H,3-4,12H2,1H3,(H,13,14). The average Bonchev–Trinajstić information content (AvgIpc) is 2.16. The van der Waals surface area contributed by atoms with E-state index in [-0.39, 0.29) is 0 Å². The minimum atomic E-state index is 0.413. The summed E-state index contributed by atoms with van der Waals surface area (Å²) in [4.78, 5) is 4.15. The van der Waals surface area contributed by atoms with Crippen molar-refractivity contribution in [2.45, 2.75) is 6.92 Å². The van der Waals surface area contributed by atoms with Crippen molar-refractivity contribution in [3.8, 4) is 0 Å². The summed E-state index contributed by atoms with van der Waals surface area (Å²) in [6.07, 6.45) is 1.71. The molecular formula is C9H13BrClN3. The molecule has 0 saturated heterocycles. The molecule has 14 heavy (non-hydrogen) atoms. The van der Waals surface area contributed by atoms with Gasteiger partial charge in [0.1, 0.15) is 5.82 Å². The van der Waals surface area contributed by atoms with Gasteiger partial charge in [-0.15, -0.1) is 0 Å². The number of aromatic nitrogens is 1. The topological polar surface area (TPSA) is 50.9 Å². The molecule has 78 valence electrons. The largest absolute Gasteiger partial charge is 0.369 e. The number of halogens is 2. The first-order valence-electron chi connectivity index (χ1n) is 4.38. The van der Waals surface area contributed by atoms with Gasteiger partial charge in [0, 0.05) is 17.2 Å². The van der Waals surface area contributed by atoms with Crippen LogP contribution in [0.15, 0.2) is 16.7 Å². The third kappa shape index (κ3) is 3.44. The summed E-state index contributed by atoms with van der Waals surface area (Å²) >= 11 is 9.27. The smallest absolute Gasteiger partial charge is 0.144 e. The van der Waals surface area contributed by atoms with Crippen LogP contribution in [0.25, 0.3) is 0 Å². The predicted molar refractivity (Wildman–Crippen MR) is 63.7 cm³/mol. The fraction of sp³-hybridized carbons (Fsp3) is 0.444. The second-order valence-corrected chi connectivity index (χ2v) is 4.53. The van der Waals surface area contributed by atoms with E-state index in [2.05, 4.69) is 33.2 Å². The molecule has 0 aliphatic heterocycles. The first-order chi connectivity index (χ1) is 6.63. The number of anilines is 1. The minimum Gasteiger partial charge on any atom is -0.369 e. The van der Waals surface area contributed by atoms with E-state index in [0.717, 1.165) is 11.0 Å². The molecule has 0 aliphatic carbocycles. The van der Waals surface area contributed by atoms with Crippen LogP contribution in [0.5, 0.6) is 0 Å². The van der Waals surface area contributed by atoms with Gasteiger partial charge in [-0.3, -0.25) is 0 Å². The SMILES string of the molecule is CC(CN)CNc1ncc(Br)cc1Cl. The fourth-order valence-corrected chi connectivity index (χ4v) is 1.60. The van der Waals surface area contributed by atoms with Gasteiger partial charge in [0.15, 0.2) is 0 Å². The lowest BCUT2D eigenvalue weighted by Crippen LogP contribution is -2.20. The van der Waals surface area contributed by atoms with Gasteiger partial charge in [0.2, 0.25) is 0 Å². The molecule has 5 heteroatoms. The van der Waals surface area contributed by atoms with Gasteiger partial charge in [0.05, 0.1) is 5.02 Å². The molecule has 1 atom stereocenters. The van der Waals surface area contributed by atoms with E-state index in [4.69, 9.17) is 17.3 Å². The summed E-state index contributed by atoms with van der Waals surface area (Å²) in [6.45, 7) is 3.51. The Morgan fingerprint density at radius 2 is 2.43 bits per heavy atom. The number of pyridine rings is 1. The summed E-state index contributed by atoms with van der Waals surface area (Å²) in [5, 5.41) is 3.76. The first-order valence-corrected chi connectivity index (χ1v) is 5.55. The molecule has 0 bridgehead atoms. The quantitative estimate of drug-likeness (QED) is 0.890. The van der Waals surface area contributed by atoms with Crippen molar-refractivity contribution in [2.75, 3.05) is 18.4 Å². The second-order valence-electron chi connectivity index (χ2n) is 3.21. The molecule has 0 aliphatic rings. The van der Waals surface area contributed by atoms with Gasteiger partial charge in [-0.2, -0.15) is 0 Å². The summed E-state index contributed by atoms with van der Waals surface area (Å²) in [5.74, 6) is 1.12. The van der Waals surface area contributed by atoms with Gasteiger partial charge in [-0.05, 0) is 34.5 Å². The highest BCUT2D eigenvalue weighted by atomic mass is 79.9. The Kier molecular flexibility index (Phi) is 4.65. The maximum Gasteiger partial charge on any atom is 0.144 e. The number of nitrogens with one attached hydrogen (secondary N) is 1. The lowest BCUT2D eigenvalue weighted by molar-refractivity contribution is 0.627. The lowest BCUT2D eigenvalue weighted by Gasteiger charge is -2.11. The summed E-state index contributed by atoms with van der Waals surface area (Å²) < 4.78 is 0.875. The molecule has 3 N–H and O–H groups in total. The van der Waals surface area contributed by atoms with Gasteiger partial charge in [-0.1, -0.05) is 18.5 Å². The van der Waals surface area contributed by atoms with Gasteiger partial charge in [-0.25, -0.2) is 4.98 Å². The Balaban J connectivity index is 2.59. The van der Waals surface area contributed by atoms with Crippen LogP contribution in [-0.4, -0.2) is 18.1 Å². The highest BCUT2D eigenvalue weighted by Gasteiger charge is 2.04. The van der Waals surface area contributed by atoms with Gasteiger partial charge in [0.25, 0.3) is 0 Å². The van der Waals surface area contributed by atoms with E-state index in [1.807, 2.05) is 6.07 Å². The van der Waals surface area contributed by atoms with Crippen molar-refractivity contribution in [3.63, 3.8) is 0 Å². The first kappa shape index (κ1) is 11.8. The van der Waals surface area contributed by atoms with Crippen LogP contribution in [0.4, 0.5) is 5.82 Å². The molecular weight excluding hydrogens is 265 g/mol. The molecule has 0 amide bonds. The number of hydrogen-bond acceptors (Lipinski definition) is 3. The molecule has 1 aromatic heterocycles. The highest BCUT2D eigenvalue weighted by Crippen LogP contribution is 2.22. The van der Waals surface area contributed by atoms with Crippen LogP contribution in [-0.2, 0) is 0 Å². The zero-order chi connectivity index (χ0) is 10.6. The Bertz CT molecular complexity index is 306. The Hall–Kier alpha value is -0.320. The van der Waals surface area contributed by atoms with Gasteiger partial charge >= 0.3 is 0 Å². The fourth-order valence-electron chi connectivity index (χ4n) is 0.899.